The number of hydrogen-bond acceptors (Lipinski definition) is 3. The van der Waals surface area contributed by atoms with Crippen LogP contribution in [0.1, 0.15) is 25.0 Å². The molecule has 0 unspecified atom stereocenters. The van der Waals surface area contributed by atoms with Crippen LogP contribution in [0.15, 0.2) is 24.8 Å². The van der Waals surface area contributed by atoms with Gasteiger partial charge in [0, 0.05) is 24.8 Å². The van der Waals surface area contributed by atoms with Crippen molar-refractivity contribution in [1.82, 2.24) is 0 Å². The lowest BCUT2D eigenvalue weighted by Crippen LogP contribution is -2.36. The number of aryl methyl sites for hydroxylation is 1. The van der Waals surface area contributed by atoms with Gasteiger partial charge in [-0.15, -0.1) is 0 Å². The van der Waals surface area contributed by atoms with E-state index in [0.29, 0.717) is 12.4 Å². The molecule has 0 amide bonds. The van der Waals surface area contributed by atoms with Gasteiger partial charge in [0.1, 0.15) is 12.2 Å². The molecule has 4 nitrogen and oxygen atoms in total. The Balaban J connectivity index is 2.24. The topological polar surface area (TPSA) is 42.2 Å². The van der Waals surface area contributed by atoms with E-state index in [1.807, 2.05) is 19.1 Å². The summed E-state index contributed by atoms with van der Waals surface area (Å²) in [6.45, 7) is 8.28. The Hall–Kier alpha value is -1.71. The molecule has 1 aliphatic rings. The summed E-state index contributed by atoms with van der Waals surface area (Å²) in [5.74, 6) is 0.607. The van der Waals surface area contributed by atoms with E-state index in [9.17, 15) is 5.21 Å². The predicted molar refractivity (Wildman–Crippen MR) is 74.9 cm³/mol. The van der Waals surface area contributed by atoms with E-state index >= 15 is 0 Å². The second kappa shape index (κ2) is 5.76. The molecular formula is C14H21N3O. The molecule has 1 fully saturated rings. The van der Waals surface area contributed by atoms with Crippen LogP contribution in [0.5, 0.6) is 0 Å². The molecule has 1 N–H and O–H groups in total. The van der Waals surface area contributed by atoms with Crippen molar-refractivity contribution in [2.24, 2.45) is 0 Å². The smallest absolute Gasteiger partial charge is 0.280 e. The number of anilines is 2. The lowest BCUT2D eigenvalue weighted by Gasteiger charge is -2.29. The minimum Gasteiger partial charge on any atom is -0.710 e. The van der Waals surface area contributed by atoms with Gasteiger partial charge in [0.2, 0.25) is 0 Å². The monoisotopic (exact) mass is 247 g/mol. The van der Waals surface area contributed by atoms with Gasteiger partial charge in [0.05, 0.1) is 6.07 Å². The van der Waals surface area contributed by atoms with Crippen LogP contribution < -0.4 is 14.9 Å². The molecule has 1 aliphatic heterocycles. The normalized spacial score (nSPS) is 15.5. The molecule has 0 spiro atoms. The Morgan fingerprint density at radius 2 is 2.11 bits per heavy atom. The molecule has 0 aromatic carbocycles. The summed E-state index contributed by atoms with van der Waals surface area (Å²) in [6, 6.07) is 3.91. The Morgan fingerprint density at radius 1 is 1.39 bits per heavy atom. The summed E-state index contributed by atoms with van der Waals surface area (Å²) in [5.41, 5.74) is 1.87. The second-order valence-electron chi connectivity index (χ2n) is 4.75. The maximum Gasteiger partial charge on any atom is 0.280 e. The van der Waals surface area contributed by atoms with Crippen LogP contribution in [0.2, 0.25) is 0 Å². The Kier molecular flexibility index (Phi) is 4.07. The minimum absolute atomic E-state index is 0.602. The largest absolute Gasteiger partial charge is 0.710 e. The number of pyridine rings is 1. The van der Waals surface area contributed by atoms with Gasteiger partial charge in [-0.05, 0) is 26.2 Å². The molecule has 2 heterocycles. The molecule has 18 heavy (non-hydrogen) atoms. The lowest BCUT2D eigenvalue weighted by molar-refractivity contribution is -0.597. The number of nitrogens with one attached hydrogen (secondary N) is 1. The fourth-order valence-corrected chi connectivity index (χ4v) is 2.34. The predicted octanol–water partition coefficient (Wildman–Crippen LogP) is 2.22. The summed E-state index contributed by atoms with van der Waals surface area (Å²) < 4.78 is 0.941. The van der Waals surface area contributed by atoms with E-state index in [1.54, 1.807) is 6.08 Å². The van der Waals surface area contributed by atoms with Crippen LogP contribution in [0.4, 0.5) is 11.5 Å². The highest BCUT2D eigenvalue weighted by molar-refractivity contribution is 5.53. The maximum atomic E-state index is 11.9. The van der Waals surface area contributed by atoms with Gasteiger partial charge in [-0.2, -0.15) is 0 Å². The molecule has 0 aliphatic carbocycles. The molecule has 2 rings (SSSR count). The average molecular weight is 247 g/mol. The van der Waals surface area contributed by atoms with Crippen LogP contribution in [-0.2, 0) is 0 Å². The highest BCUT2D eigenvalue weighted by Crippen LogP contribution is 2.22. The molecule has 0 bridgehead atoms. The number of piperidine rings is 1. The second-order valence-corrected chi connectivity index (χ2v) is 4.75. The highest BCUT2D eigenvalue weighted by atomic mass is 16.5. The third-order valence-corrected chi connectivity index (χ3v) is 3.33. The van der Waals surface area contributed by atoms with Crippen molar-refractivity contribution in [3.05, 3.63) is 35.7 Å². The fourth-order valence-electron chi connectivity index (χ4n) is 2.34. The van der Waals surface area contributed by atoms with Crippen LogP contribution in [0.25, 0.3) is 0 Å². The number of rotatable bonds is 4. The quantitative estimate of drug-likeness (QED) is 0.504. The van der Waals surface area contributed by atoms with E-state index in [2.05, 4.69) is 16.8 Å². The molecular weight excluding hydrogens is 226 g/mol. The van der Waals surface area contributed by atoms with Crippen molar-refractivity contribution < 1.29 is 4.73 Å². The molecule has 0 atom stereocenters. The van der Waals surface area contributed by atoms with Crippen molar-refractivity contribution >= 4 is 11.5 Å². The fraction of sp³-hybridized carbons (Fsp3) is 0.500. The van der Waals surface area contributed by atoms with Gasteiger partial charge in [-0.25, -0.2) is 4.73 Å². The van der Waals surface area contributed by atoms with Crippen LogP contribution in [0.3, 0.4) is 0 Å². The summed E-state index contributed by atoms with van der Waals surface area (Å²) in [4.78, 5) is 2.36. The van der Waals surface area contributed by atoms with Crippen molar-refractivity contribution in [2.45, 2.75) is 26.2 Å². The van der Waals surface area contributed by atoms with Crippen LogP contribution in [0, 0.1) is 12.1 Å². The molecule has 1 saturated heterocycles. The summed E-state index contributed by atoms with van der Waals surface area (Å²) in [7, 11) is 0. The minimum atomic E-state index is 0.602. The van der Waals surface area contributed by atoms with Crippen molar-refractivity contribution in [1.29, 1.82) is 0 Å². The van der Waals surface area contributed by atoms with Crippen molar-refractivity contribution in [2.75, 3.05) is 29.9 Å². The molecule has 0 radical (unpaired) electrons. The third kappa shape index (κ3) is 2.75. The lowest BCUT2D eigenvalue weighted by atomic mass is 10.1. The van der Waals surface area contributed by atoms with Crippen molar-refractivity contribution in [3.63, 3.8) is 0 Å². The van der Waals surface area contributed by atoms with Crippen molar-refractivity contribution in [3.8, 4) is 0 Å². The Bertz CT molecular complexity index is 425. The highest BCUT2D eigenvalue weighted by Gasteiger charge is 2.15. The van der Waals surface area contributed by atoms with Gasteiger partial charge in [-0.1, -0.05) is 12.7 Å². The first-order valence-corrected chi connectivity index (χ1v) is 6.56. The summed E-state index contributed by atoms with van der Waals surface area (Å²) in [5, 5.41) is 15.0. The van der Waals surface area contributed by atoms with E-state index in [-0.39, 0.29) is 0 Å². The van der Waals surface area contributed by atoms with Crippen LogP contribution >= 0.6 is 0 Å². The summed E-state index contributed by atoms with van der Waals surface area (Å²) >= 11 is 0. The summed E-state index contributed by atoms with van der Waals surface area (Å²) in [6.07, 6.45) is 5.54. The van der Waals surface area contributed by atoms with Crippen LogP contribution in [-0.4, -0.2) is 19.6 Å². The zero-order valence-electron chi connectivity index (χ0n) is 11.0. The first-order chi connectivity index (χ1) is 8.72. The number of hydrogen-bond donors (Lipinski definition) is 1. The molecule has 1 aromatic heterocycles. The van der Waals surface area contributed by atoms with E-state index in [0.717, 1.165) is 29.2 Å². The molecule has 0 saturated carbocycles. The number of aromatic nitrogens is 1. The third-order valence-electron chi connectivity index (χ3n) is 3.33. The first kappa shape index (κ1) is 12.7. The van der Waals surface area contributed by atoms with Gasteiger partial charge in [-0.3, -0.25) is 5.32 Å². The molecule has 4 heteroatoms. The standard InChI is InChI=1S/C14H21N3O/c1-3-7-15-14-11-13(10-12(2)17(14)18)16-8-5-4-6-9-16/h3,10-11,15H,1,4-9H2,2H3. The zero-order valence-corrected chi connectivity index (χ0v) is 11.0. The Morgan fingerprint density at radius 3 is 2.78 bits per heavy atom. The molecule has 1 aromatic rings. The van der Waals surface area contributed by atoms with Gasteiger partial charge >= 0.3 is 0 Å². The average Bonchev–Trinajstić information content (AvgIpc) is 2.41. The molecule has 98 valence electrons. The first-order valence-electron chi connectivity index (χ1n) is 6.56. The van der Waals surface area contributed by atoms with E-state index in [1.165, 1.54) is 19.3 Å². The van der Waals surface area contributed by atoms with Gasteiger partial charge in [0.15, 0.2) is 0 Å². The van der Waals surface area contributed by atoms with E-state index in [4.69, 9.17) is 0 Å². The number of nitrogens with zero attached hydrogens (tertiary/aromatic N) is 2. The van der Waals surface area contributed by atoms with E-state index < -0.39 is 0 Å². The zero-order chi connectivity index (χ0) is 13.0. The van der Waals surface area contributed by atoms with Gasteiger partial charge < -0.3 is 10.1 Å². The Labute approximate surface area is 109 Å². The maximum absolute atomic E-state index is 11.9. The SMILES string of the molecule is C=CCNc1cc(N2CCCCC2)cc(C)[n+]1[O-]. The van der Waals surface area contributed by atoms with Gasteiger partial charge in [0.25, 0.3) is 5.82 Å².